The third kappa shape index (κ3) is 1.06. The first kappa shape index (κ1) is 7.32. The lowest BCUT2D eigenvalue weighted by Crippen LogP contribution is -2.23. The number of allylic oxidation sites excluding steroid dienone is 1. The Hall–Kier alpha value is -0.790. The van der Waals surface area contributed by atoms with Gasteiger partial charge in [-0.1, -0.05) is 6.08 Å². The van der Waals surface area contributed by atoms with E-state index in [1.54, 1.807) is 0 Å². The van der Waals surface area contributed by atoms with Crippen LogP contribution in [0.3, 0.4) is 0 Å². The van der Waals surface area contributed by atoms with E-state index in [4.69, 9.17) is 0 Å². The van der Waals surface area contributed by atoms with E-state index in [9.17, 15) is 0 Å². The fourth-order valence-electron chi connectivity index (χ4n) is 1.25. The lowest BCUT2D eigenvalue weighted by molar-refractivity contribution is 0.557. The average Bonchev–Trinajstić information content (AvgIpc) is 2.30. The minimum Gasteiger partial charge on any atom is -0.333 e. The van der Waals surface area contributed by atoms with E-state index in [0.717, 1.165) is 18.9 Å². The standard InChI is InChI=1S/C8H14N2/c1-4-8-6-9-7(3)10(8)5-2/h4H,5-6H2,1-3H3. The average molecular weight is 138 g/mol. The van der Waals surface area contributed by atoms with Crippen LogP contribution in [0.2, 0.25) is 0 Å². The largest absolute Gasteiger partial charge is 0.333 e. The van der Waals surface area contributed by atoms with Crippen molar-refractivity contribution in [2.24, 2.45) is 4.99 Å². The Bertz CT molecular complexity index is 180. The van der Waals surface area contributed by atoms with Crippen molar-refractivity contribution < 1.29 is 0 Å². The van der Waals surface area contributed by atoms with Gasteiger partial charge in [-0.15, -0.1) is 0 Å². The molecule has 0 radical (unpaired) electrons. The molecule has 0 spiro atoms. The van der Waals surface area contributed by atoms with Crippen LogP contribution in [-0.4, -0.2) is 23.8 Å². The Labute approximate surface area is 62.3 Å². The number of nitrogens with zero attached hydrogens (tertiary/aromatic N) is 2. The van der Waals surface area contributed by atoms with Crippen LogP contribution in [0.1, 0.15) is 20.8 Å². The van der Waals surface area contributed by atoms with Gasteiger partial charge in [-0.2, -0.15) is 0 Å². The second-order valence-corrected chi connectivity index (χ2v) is 2.39. The zero-order valence-electron chi connectivity index (χ0n) is 6.89. The summed E-state index contributed by atoms with van der Waals surface area (Å²) in [6.07, 6.45) is 2.13. The summed E-state index contributed by atoms with van der Waals surface area (Å²) in [5, 5.41) is 0. The molecule has 0 aromatic rings. The maximum Gasteiger partial charge on any atom is 0.100 e. The lowest BCUT2D eigenvalue weighted by Gasteiger charge is -2.17. The highest BCUT2D eigenvalue weighted by Crippen LogP contribution is 2.12. The van der Waals surface area contributed by atoms with Gasteiger partial charge in [0.15, 0.2) is 0 Å². The maximum absolute atomic E-state index is 4.31. The van der Waals surface area contributed by atoms with Crippen LogP contribution in [0.4, 0.5) is 0 Å². The Morgan fingerprint density at radius 1 is 1.70 bits per heavy atom. The minimum atomic E-state index is 0.871. The maximum atomic E-state index is 4.31. The molecular formula is C8H14N2. The molecule has 0 bridgehead atoms. The molecule has 0 saturated carbocycles. The molecule has 1 aliphatic rings. The smallest absolute Gasteiger partial charge is 0.100 e. The second kappa shape index (κ2) is 2.86. The first-order valence-electron chi connectivity index (χ1n) is 3.73. The number of rotatable bonds is 1. The van der Waals surface area contributed by atoms with E-state index in [0.29, 0.717) is 0 Å². The number of amidine groups is 1. The molecule has 2 heteroatoms. The van der Waals surface area contributed by atoms with Crippen molar-refractivity contribution in [2.75, 3.05) is 13.1 Å². The fourth-order valence-corrected chi connectivity index (χ4v) is 1.25. The van der Waals surface area contributed by atoms with Crippen LogP contribution in [0.5, 0.6) is 0 Å². The number of hydrogen-bond acceptors (Lipinski definition) is 2. The van der Waals surface area contributed by atoms with Crippen molar-refractivity contribution in [2.45, 2.75) is 20.8 Å². The predicted octanol–water partition coefficient (Wildman–Crippen LogP) is 1.64. The molecule has 1 heterocycles. The zero-order valence-corrected chi connectivity index (χ0v) is 6.89. The van der Waals surface area contributed by atoms with Gasteiger partial charge in [0.25, 0.3) is 0 Å². The third-order valence-electron chi connectivity index (χ3n) is 1.86. The Kier molecular flexibility index (Phi) is 2.10. The highest BCUT2D eigenvalue weighted by molar-refractivity contribution is 5.83. The molecule has 1 aliphatic heterocycles. The van der Waals surface area contributed by atoms with Gasteiger partial charge < -0.3 is 4.90 Å². The SMILES string of the molecule is CC=C1CN=C(C)N1CC. The van der Waals surface area contributed by atoms with Crippen LogP contribution in [0, 0.1) is 0 Å². The summed E-state index contributed by atoms with van der Waals surface area (Å²) in [4.78, 5) is 6.55. The number of hydrogen-bond donors (Lipinski definition) is 0. The van der Waals surface area contributed by atoms with Crippen LogP contribution < -0.4 is 0 Å². The van der Waals surface area contributed by atoms with Gasteiger partial charge in [-0.3, -0.25) is 4.99 Å². The first-order valence-corrected chi connectivity index (χ1v) is 3.73. The highest BCUT2D eigenvalue weighted by atomic mass is 15.2. The van der Waals surface area contributed by atoms with Crippen molar-refractivity contribution in [3.8, 4) is 0 Å². The molecule has 0 aromatic carbocycles. The molecule has 10 heavy (non-hydrogen) atoms. The van der Waals surface area contributed by atoms with Crippen molar-refractivity contribution >= 4 is 5.84 Å². The van der Waals surface area contributed by atoms with Crippen LogP contribution in [0.25, 0.3) is 0 Å². The van der Waals surface area contributed by atoms with E-state index in [2.05, 4.69) is 36.7 Å². The molecule has 0 aromatic heterocycles. The van der Waals surface area contributed by atoms with Gasteiger partial charge in [0, 0.05) is 12.2 Å². The van der Waals surface area contributed by atoms with E-state index in [1.807, 2.05) is 0 Å². The molecule has 0 unspecified atom stereocenters. The monoisotopic (exact) mass is 138 g/mol. The van der Waals surface area contributed by atoms with E-state index < -0.39 is 0 Å². The summed E-state index contributed by atoms with van der Waals surface area (Å²) in [7, 11) is 0. The van der Waals surface area contributed by atoms with Gasteiger partial charge >= 0.3 is 0 Å². The summed E-state index contributed by atoms with van der Waals surface area (Å²) in [6, 6.07) is 0. The first-order chi connectivity index (χ1) is 4.79. The van der Waals surface area contributed by atoms with Crippen molar-refractivity contribution in [3.05, 3.63) is 11.8 Å². The van der Waals surface area contributed by atoms with Gasteiger partial charge in [0.2, 0.25) is 0 Å². The van der Waals surface area contributed by atoms with E-state index in [-0.39, 0.29) is 0 Å². The predicted molar refractivity (Wildman–Crippen MR) is 44.1 cm³/mol. The summed E-state index contributed by atoms with van der Waals surface area (Å²) >= 11 is 0. The molecule has 2 nitrogen and oxygen atoms in total. The fraction of sp³-hybridized carbons (Fsp3) is 0.625. The van der Waals surface area contributed by atoms with Gasteiger partial charge in [-0.25, -0.2) is 0 Å². The Balaban J connectivity index is 2.73. The topological polar surface area (TPSA) is 15.6 Å². The molecular weight excluding hydrogens is 124 g/mol. The number of aliphatic imine (C=N–C) groups is 1. The van der Waals surface area contributed by atoms with Gasteiger partial charge in [0.05, 0.1) is 6.54 Å². The molecule has 0 atom stereocenters. The van der Waals surface area contributed by atoms with Crippen LogP contribution in [0.15, 0.2) is 16.8 Å². The summed E-state index contributed by atoms with van der Waals surface area (Å²) in [5.74, 6) is 1.15. The lowest BCUT2D eigenvalue weighted by atomic mass is 10.4. The van der Waals surface area contributed by atoms with Crippen molar-refractivity contribution in [3.63, 3.8) is 0 Å². The Morgan fingerprint density at radius 2 is 2.40 bits per heavy atom. The van der Waals surface area contributed by atoms with Crippen molar-refractivity contribution in [1.29, 1.82) is 0 Å². The molecule has 0 amide bonds. The van der Waals surface area contributed by atoms with Crippen LogP contribution in [-0.2, 0) is 0 Å². The Morgan fingerprint density at radius 3 is 2.80 bits per heavy atom. The quantitative estimate of drug-likeness (QED) is 0.538. The molecule has 0 aliphatic carbocycles. The molecule has 1 rings (SSSR count). The molecule has 0 saturated heterocycles. The van der Waals surface area contributed by atoms with E-state index in [1.165, 1.54) is 5.70 Å². The third-order valence-corrected chi connectivity index (χ3v) is 1.86. The zero-order chi connectivity index (χ0) is 7.56. The summed E-state index contributed by atoms with van der Waals surface area (Å²) in [5.41, 5.74) is 1.33. The van der Waals surface area contributed by atoms with Gasteiger partial charge in [0.1, 0.15) is 5.84 Å². The molecule has 0 fully saturated rings. The summed E-state index contributed by atoms with van der Waals surface area (Å²) < 4.78 is 0. The molecule has 56 valence electrons. The van der Waals surface area contributed by atoms with Crippen molar-refractivity contribution in [1.82, 2.24) is 4.90 Å². The van der Waals surface area contributed by atoms with Gasteiger partial charge in [-0.05, 0) is 20.8 Å². The van der Waals surface area contributed by atoms with E-state index >= 15 is 0 Å². The molecule has 0 N–H and O–H groups in total. The number of likely N-dealkylation sites (N-methyl/N-ethyl adjacent to an activating group) is 1. The minimum absolute atomic E-state index is 0.871. The summed E-state index contributed by atoms with van der Waals surface area (Å²) in [6.45, 7) is 8.17. The highest BCUT2D eigenvalue weighted by Gasteiger charge is 2.14. The second-order valence-electron chi connectivity index (χ2n) is 2.39. The van der Waals surface area contributed by atoms with Crippen LogP contribution >= 0.6 is 0 Å². The normalized spacial score (nSPS) is 22.1.